The predicted molar refractivity (Wildman–Crippen MR) is 53.6 cm³/mol. The Morgan fingerprint density at radius 1 is 1.38 bits per heavy atom. The molecule has 0 bridgehead atoms. The Bertz CT molecular complexity index is 470. The van der Waals surface area contributed by atoms with Gasteiger partial charge in [-0.2, -0.15) is 5.10 Å². The van der Waals surface area contributed by atoms with Gasteiger partial charge in [0.05, 0.1) is 6.04 Å². The van der Waals surface area contributed by atoms with Crippen molar-refractivity contribution in [3.05, 3.63) is 47.5 Å². The Balaban J connectivity index is 2.41. The lowest BCUT2D eigenvalue weighted by molar-refractivity contribution is 0.544. The van der Waals surface area contributed by atoms with Gasteiger partial charge in [0.2, 0.25) is 0 Å². The van der Waals surface area contributed by atoms with Gasteiger partial charge in [0.1, 0.15) is 23.8 Å². The van der Waals surface area contributed by atoms with E-state index in [2.05, 4.69) is 20.5 Å². The second-order valence-corrected chi connectivity index (χ2v) is 3.26. The fourth-order valence-electron chi connectivity index (χ4n) is 1.53. The fraction of sp³-hybridized carbons (Fsp3) is 0.200. The zero-order valence-corrected chi connectivity index (χ0v) is 8.54. The number of nitrogens with zero attached hydrogens (tertiary/aromatic N) is 2. The summed E-state index contributed by atoms with van der Waals surface area (Å²) in [5.41, 5.74) is 0.320. The minimum absolute atomic E-state index is 0.320. The van der Waals surface area contributed by atoms with Crippen molar-refractivity contribution in [2.24, 2.45) is 0 Å². The summed E-state index contributed by atoms with van der Waals surface area (Å²) in [5, 5.41) is 9.22. The Morgan fingerprint density at radius 3 is 2.75 bits per heavy atom. The molecule has 0 spiro atoms. The van der Waals surface area contributed by atoms with Crippen LogP contribution in [0, 0.1) is 11.6 Å². The molecular formula is C10H10F2N4. The van der Waals surface area contributed by atoms with E-state index in [1.54, 1.807) is 7.05 Å². The van der Waals surface area contributed by atoms with Gasteiger partial charge in [-0.25, -0.2) is 13.8 Å². The Kier molecular flexibility index (Phi) is 2.91. The first kappa shape index (κ1) is 10.7. The van der Waals surface area contributed by atoms with Gasteiger partial charge in [-0.15, -0.1) is 0 Å². The number of hydrogen-bond acceptors (Lipinski definition) is 3. The number of H-pyrrole nitrogens is 1. The molecule has 6 heteroatoms. The molecule has 4 nitrogen and oxygen atoms in total. The van der Waals surface area contributed by atoms with Crippen LogP contribution in [-0.4, -0.2) is 22.2 Å². The van der Waals surface area contributed by atoms with Crippen LogP contribution in [0.15, 0.2) is 24.5 Å². The first-order valence-corrected chi connectivity index (χ1v) is 4.70. The lowest BCUT2D eigenvalue weighted by atomic mass is 10.1. The lowest BCUT2D eigenvalue weighted by Crippen LogP contribution is -2.20. The number of rotatable bonds is 3. The highest BCUT2D eigenvalue weighted by Crippen LogP contribution is 2.21. The Hall–Kier alpha value is -1.82. The smallest absolute Gasteiger partial charge is 0.146 e. The number of nitrogens with one attached hydrogen (secondary N) is 2. The minimum Gasteiger partial charge on any atom is -0.307 e. The molecule has 0 radical (unpaired) electrons. The molecule has 1 aromatic heterocycles. The van der Waals surface area contributed by atoms with Gasteiger partial charge in [-0.1, -0.05) is 6.07 Å². The van der Waals surface area contributed by atoms with E-state index in [-0.39, 0.29) is 0 Å². The zero-order valence-electron chi connectivity index (χ0n) is 8.54. The van der Waals surface area contributed by atoms with Crippen LogP contribution in [0.25, 0.3) is 0 Å². The Labute approximate surface area is 90.7 Å². The lowest BCUT2D eigenvalue weighted by Gasteiger charge is -2.14. The maximum absolute atomic E-state index is 13.5. The Morgan fingerprint density at radius 2 is 2.19 bits per heavy atom. The van der Waals surface area contributed by atoms with E-state index >= 15 is 0 Å². The van der Waals surface area contributed by atoms with Gasteiger partial charge < -0.3 is 5.32 Å². The average Bonchev–Trinajstić information content (AvgIpc) is 2.75. The van der Waals surface area contributed by atoms with Crippen molar-refractivity contribution in [2.45, 2.75) is 6.04 Å². The number of hydrogen-bond donors (Lipinski definition) is 2. The zero-order chi connectivity index (χ0) is 11.5. The fourth-order valence-corrected chi connectivity index (χ4v) is 1.53. The maximum atomic E-state index is 13.5. The van der Waals surface area contributed by atoms with Crippen molar-refractivity contribution < 1.29 is 8.78 Å². The summed E-state index contributed by atoms with van der Waals surface area (Å²) in [4.78, 5) is 3.94. The molecule has 2 rings (SSSR count). The van der Waals surface area contributed by atoms with E-state index in [0.717, 1.165) is 6.07 Å². The highest BCUT2D eigenvalue weighted by atomic mass is 19.1. The average molecular weight is 224 g/mol. The van der Waals surface area contributed by atoms with E-state index in [1.165, 1.54) is 18.5 Å². The molecule has 0 aliphatic carbocycles. The predicted octanol–water partition coefficient (Wildman–Crippen LogP) is 1.39. The summed E-state index contributed by atoms with van der Waals surface area (Å²) in [5.74, 6) is -0.738. The van der Waals surface area contributed by atoms with Crippen molar-refractivity contribution in [2.75, 3.05) is 7.05 Å². The molecule has 0 saturated heterocycles. The van der Waals surface area contributed by atoms with Crippen molar-refractivity contribution in [3.63, 3.8) is 0 Å². The maximum Gasteiger partial charge on any atom is 0.146 e. The van der Waals surface area contributed by atoms with Gasteiger partial charge in [0, 0.05) is 11.6 Å². The monoisotopic (exact) mass is 224 g/mol. The van der Waals surface area contributed by atoms with Crippen LogP contribution in [0.3, 0.4) is 0 Å². The highest BCUT2D eigenvalue weighted by Gasteiger charge is 2.18. The van der Waals surface area contributed by atoms with E-state index < -0.39 is 17.7 Å². The molecule has 16 heavy (non-hydrogen) atoms. The first-order chi connectivity index (χ1) is 7.72. The molecule has 2 aromatic rings. The molecule has 84 valence electrons. The van der Waals surface area contributed by atoms with Crippen LogP contribution in [0.4, 0.5) is 8.78 Å². The van der Waals surface area contributed by atoms with Gasteiger partial charge in [-0.3, -0.25) is 5.10 Å². The third-order valence-corrected chi connectivity index (χ3v) is 2.27. The van der Waals surface area contributed by atoms with E-state index in [0.29, 0.717) is 11.4 Å². The second kappa shape index (κ2) is 4.36. The van der Waals surface area contributed by atoms with Crippen LogP contribution >= 0.6 is 0 Å². The van der Waals surface area contributed by atoms with Gasteiger partial charge in [0.25, 0.3) is 0 Å². The quantitative estimate of drug-likeness (QED) is 0.828. The summed E-state index contributed by atoms with van der Waals surface area (Å²) in [7, 11) is 1.66. The molecule has 1 unspecified atom stereocenters. The van der Waals surface area contributed by atoms with Crippen molar-refractivity contribution >= 4 is 0 Å². The molecule has 0 amide bonds. The van der Waals surface area contributed by atoms with Gasteiger partial charge in [-0.05, 0) is 13.1 Å². The summed E-state index contributed by atoms with van der Waals surface area (Å²) in [6.45, 7) is 0. The van der Waals surface area contributed by atoms with Gasteiger partial charge in [0.15, 0.2) is 0 Å². The van der Waals surface area contributed by atoms with Crippen LogP contribution in [0.5, 0.6) is 0 Å². The second-order valence-electron chi connectivity index (χ2n) is 3.26. The summed E-state index contributed by atoms with van der Waals surface area (Å²) in [6, 6.07) is 2.96. The minimum atomic E-state index is -0.615. The molecule has 1 heterocycles. The third-order valence-electron chi connectivity index (χ3n) is 2.27. The topological polar surface area (TPSA) is 53.6 Å². The molecule has 2 N–H and O–H groups in total. The largest absolute Gasteiger partial charge is 0.307 e. The molecule has 1 atom stereocenters. The van der Waals surface area contributed by atoms with Gasteiger partial charge >= 0.3 is 0 Å². The SMILES string of the molecule is CNC(c1ncn[nH]1)c1ccc(F)cc1F. The van der Waals surface area contributed by atoms with E-state index in [9.17, 15) is 8.78 Å². The first-order valence-electron chi connectivity index (χ1n) is 4.70. The highest BCUT2D eigenvalue weighted by molar-refractivity contribution is 5.26. The third kappa shape index (κ3) is 1.92. The number of benzene rings is 1. The van der Waals surface area contributed by atoms with Crippen molar-refractivity contribution in [1.29, 1.82) is 0 Å². The number of halogens is 2. The molecule has 0 aliphatic heterocycles. The van der Waals surface area contributed by atoms with Crippen molar-refractivity contribution in [3.8, 4) is 0 Å². The van der Waals surface area contributed by atoms with E-state index in [1.807, 2.05) is 0 Å². The van der Waals surface area contributed by atoms with Crippen molar-refractivity contribution in [1.82, 2.24) is 20.5 Å². The normalized spacial score (nSPS) is 12.7. The van der Waals surface area contributed by atoms with Crippen LogP contribution in [0.1, 0.15) is 17.4 Å². The standard InChI is InChI=1S/C10H10F2N4/c1-13-9(10-14-5-15-16-10)7-3-2-6(11)4-8(7)12/h2-5,9,13H,1H3,(H,14,15,16). The molecular weight excluding hydrogens is 214 g/mol. The van der Waals surface area contributed by atoms with Crippen LogP contribution in [0.2, 0.25) is 0 Å². The molecule has 0 aliphatic rings. The number of aromatic amines is 1. The summed E-state index contributed by atoms with van der Waals surface area (Å²) < 4.78 is 26.3. The molecule has 1 aromatic carbocycles. The number of aromatic nitrogens is 3. The molecule has 0 fully saturated rings. The summed E-state index contributed by atoms with van der Waals surface area (Å²) in [6.07, 6.45) is 1.33. The molecule has 0 saturated carbocycles. The van der Waals surface area contributed by atoms with Crippen LogP contribution < -0.4 is 5.32 Å². The van der Waals surface area contributed by atoms with E-state index in [4.69, 9.17) is 0 Å². The summed E-state index contributed by atoms with van der Waals surface area (Å²) >= 11 is 0. The van der Waals surface area contributed by atoms with Crippen LogP contribution in [-0.2, 0) is 0 Å².